The first-order chi connectivity index (χ1) is 7.84. The van der Waals surface area contributed by atoms with Crippen LogP contribution in [0.3, 0.4) is 0 Å². The Labute approximate surface area is 101 Å². The van der Waals surface area contributed by atoms with Crippen LogP contribution in [-0.2, 0) is 12.6 Å². The molecular weight excluding hydrogens is 225 g/mol. The first-order valence-corrected chi connectivity index (χ1v) is 6.01. The number of hydrogen-bond donors (Lipinski definition) is 0. The van der Waals surface area contributed by atoms with Gasteiger partial charge in [-0.2, -0.15) is 13.2 Å². The van der Waals surface area contributed by atoms with Crippen LogP contribution in [0, 0.1) is 12.8 Å². The van der Waals surface area contributed by atoms with Crippen LogP contribution < -0.4 is 0 Å². The molecule has 17 heavy (non-hydrogen) atoms. The van der Waals surface area contributed by atoms with Crippen molar-refractivity contribution in [3.8, 4) is 0 Å². The summed E-state index contributed by atoms with van der Waals surface area (Å²) in [6, 6.07) is 4.01. The molecule has 1 rings (SSSR count). The minimum atomic E-state index is -4.24. The molecule has 0 heterocycles. The SMILES string of the molecule is CCC(C)CCc1cc(C(F)(F)F)ccc1C. The Balaban J connectivity index is 2.84. The molecule has 0 saturated heterocycles. The topological polar surface area (TPSA) is 0 Å². The molecule has 0 N–H and O–H groups in total. The van der Waals surface area contributed by atoms with Crippen LogP contribution in [0.2, 0.25) is 0 Å². The number of halogens is 3. The lowest BCUT2D eigenvalue weighted by molar-refractivity contribution is -0.137. The first kappa shape index (κ1) is 14.1. The Morgan fingerprint density at radius 3 is 2.41 bits per heavy atom. The van der Waals surface area contributed by atoms with E-state index in [1.807, 2.05) is 6.92 Å². The molecule has 1 aromatic rings. The fourth-order valence-corrected chi connectivity index (χ4v) is 1.72. The van der Waals surface area contributed by atoms with Gasteiger partial charge in [0.05, 0.1) is 5.56 Å². The third-order valence-electron chi connectivity index (χ3n) is 3.28. The van der Waals surface area contributed by atoms with Gasteiger partial charge in [0.25, 0.3) is 0 Å². The highest BCUT2D eigenvalue weighted by Crippen LogP contribution is 2.31. The molecule has 0 nitrogen and oxygen atoms in total. The molecular formula is C14H19F3. The quantitative estimate of drug-likeness (QED) is 0.699. The minimum Gasteiger partial charge on any atom is -0.166 e. The van der Waals surface area contributed by atoms with Gasteiger partial charge in [-0.3, -0.25) is 0 Å². The maximum atomic E-state index is 12.6. The molecule has 0 aliphatic heterocycles. The molecule has 1 aromatic carbocycles. The molecule has 0 aliphatic carbocycles. The summed E-state index contributed by atoms with van der Waals surface area (Å²) >= 11 is 0. The minimum absolute atomic E-state index is 0.540. The fourth-order valence-electron chi connectivity index (χ4n) is 1.72. The van der Waals surface area contributed by atoms with E-state index in [9.17, 15) is 13.2 Å². The number of aryl methyl sites for hydroxylation is 2. The molecule has 0 aliphatic rings. The highest BCUT2D eigenvalue weighted by Gasteiger charge is 2.30. The third-order valence-corrected chi connectivity index (χ3v) is 3.28. The smallest absolute Gasteiger partial charge is 0.166 e. The van der Waals surface area contributed by atoms with Crippen molar-refractivity contribution in [2.75, 3.05) is 0 Å². The van der Waals surface area contributed by atoms with E-state index in [2.05, 4.69) is 13.8 Å². The van der Waals surface area contributed by atoms with Gasteiger partial charge >= 0.3 is 6.18 Å². The van der Waals surface area contributed by atoms with E-state index in [1.165, 1.54) is 6.07 Å². The van der Waals surface area contributed by atoms with Gasteiger partial charge in [0.2, 0.25) is 0 Å². The van der Waals surface area contributed by atoms with E-state index in [-0.39, 0.29) is 0 Å². The summed E-state index contributed by atoms with van der Waals surface area (Å²) in [5.41, 5.74) is 1.23. The van der Waals surface area contributed by atoms with Gasteiger partial charge in [0, 0.05) is 0 Å². The van der Waals surface area contributed by atoms with Crippen molar-refractivity contribution in [1.82, 2.24) is 0 Å². The van der Waals surface area contributed by atoms with Crippen molar-refractivity contribution in [2.45, 2.75) is 46.2 Å². The lowest BCUT2D eigenvalue weighted by Gasteiger charge is -2.13. The highest BCUT2D eigenvalue weighted by atomic mass is 19.4. The number of benzene rings is 1. The largest absolute Gasteiger partial charge is 0.416 e. The van der Waals surface area contributed by atoms with E-state index in [4.69, 9.17) is 0 Å². The monoisotopic (exact) mass is 244 g/mol. The van der Waals surface area contributed by atoms with E-state index in [0.717, 1.165) is 36.5 Å². The summed E-state index contributed by atoms with van der Waals surface area (Å²) in [4.78, 5) is 0. The average Bonchev–Trinajstić information content (AvgIpc) is 2.26. The Hall–Kier alpha value is -0.990. The van der Waals surface area contributed by atoms with Gasteiger partial charge in [-0.1, -0.05) is 26.3 Å². The Morgan fingerprint density at radius 2 is 1.88 bits per heavy atom. The zero-order chi connectivity index (χ0) is 13.1. The fraction of sp³-hybridized carbons (Fsp3) is 0.571. The van der Waals surface area contributed by atoms with Gasteiger partial charge < -0.3 is 0 Å². The third kappa shape index (κ3) is 4.06. The van der Waals surface area contributed by atoms with Crippen molar-refractivity contribution < 1.29 is 13.2 Å². The lowest BCUT2D eigenvalue weighted by Crippen LogP contribution is -2.06. The van der Waals surface area contributed by atoms with Crippen LogP contribution in [0.1, 0.15) is 43.4 Å². The van der Waals surface area contributed by atoms with Crippen LogP contribution in [0.25, 0.3) is 0 Å². The first-order valence-electron chi connectivity index (χ1n) is 6.01. The normalized spacial score (nSPS) is 13.8. The molecule has 0 radical (unpaired) electrons. The van der Waals surface area contributed by atoms with Crippen LogP contribution in [0.15, 0.2) is 18.2 Å². The summed E-state index contributed by atoms with van der Waals surface area (Å²) in [5.74, 6) is 0.559. The maximum Gasteiger partial charge on any atom is 0.416 e. The average molecular weight is 244 g/mol. The van der Waals surface area contributed by atoms with Gasteiger partial charge in [-0.15, -0.1) is 0 Å². The van der Waals surface area contributed by atoms with Crippen molar-refractivity contribution in [3.63, 3.8) is 0 Å². The zero-order valence-corrected chi connectivity index (χ0v) is 10.6. The molecule has 0 bridgehead atoms. The summed E-state index contributed by atoms with van der Waals surface area (Å²) in [5, 5.41) is 0. The van der Waals surface area contributed by atoms with Gasteiger partial charge in [0.15, 0.2) is 0 Å². The lowest BCUT2D eigenvalue weighted by atomic mass is 9.95. The molecule has 3 heteroatoms. The van der Waals surface area contributed by atoms with Crippen molar-refractivity contribution >= 4 is 0 Å². The Kier molecular flexibility index (Phi) is 4.61. The Morgan fingerprint density at radius 1 is 1.24 bits per heavy atom. The number of rotatable bonds is 4. The van der Waals surface area contributed by atoms with Crippen LogP contribution in [-0.4, -0.2) is 0 Å². The second kappa shape index (κ2) is 5.56. The van der Waals surface area contributed by atoms with Gasteiger partial charge in [-0.05, 0) is 48.9 Å². The number of alkyl halides is 3. The van der Waals surface area contributed by atoms with E-state index < -0.39 is 11.7 Å². The van der Waals surface area contributed by atoms with Crippen LogP contribution in [0.5, 0.6) is 0 Å². The molecule has 1 atom stereocenters. The Bertz CT molecular complexity index is 366. The molecule has 96 valence electrons. The molecule has 0 amide bonds. The van der Waals surface area contributed by atoms with Crippen molar-refractivity contribution in [2.24, 2.45) is 5.92 Å². The summed E-state index contributed by atoms with van der Waals surface area (Å²) < 4.78 is 37.7. The van der Waals surface area contributed by atoms with Gasteiger partial charge in [-0.25, -0.2) is 0 Å². The second-order valence-electron chi connectivity index (χ2n) is 4.69. The molecule has 0 aromatic heterocycles. The predicted molar refractivity (Wildman–Crippen MR) is 64.0 cm³/mol. The zero-order valence-electron chi connectivity index (χ0n) is 10.6. The van der Waals surface area contributed by atoms with Gasteiger partial charge in [0.1, 0.15) is 0 Å². The molecule has 0 saturated carbocycles. The molecule has 0 spiro atoms. The maximum absolute atomic E-state index is 12.6. The summed E-state index contributed by atoms with van der Waals surface area (Å²) in [6.45, 7) is 6.10. The summed E-state index contributed by atoms with van der Waals surface area (Å²) in [6.07, 6.45) is -1.50. The van der Waals surface area contributed by atoms with Crippen LogP contribution in [0.4, 0.5) is 13.2 Å². The molecule has 0 fully saturated rings. The predicted octanol–water partition coefficient (Wildman–Crippen LogP) is 4.99. The van der Waals surface area contributed by atoms with Crippen molar-refractivity contribution in [1.29, 1.82) is 0 Å². The van der Waals surface area contributed by atoms with E-state index >= 15 is 0 Å². The highest BCUT2D eigenvalue weighted by molar-refractivity contribution is 5.32. The van der Waals surface area contributed by atoms with Crippen molar-refractivity contribution in [3.05, 3.63) is 34.9 Å². The molecule has 1 unspecified atom stereocenters. The number of hydrogen-bond acceptors (Lipinski definition) is 0. The van der Waals surface area contributed by atoms with E-state index in [0.29, 0.717) is 5.92 Å². The van der Waals surface area contributed by atoms with Crippen LogP contribution >= 0.6 is 0 Å². The standard InChI is InChI=1S/C14H19F3/c1-4-10(2)5-7-12-9-13(14(15,16)17)8-6-11(12)3/h6,8-10H,4-5,7H2,1-3H3. The second-order valence-corrected chi connectivity index (χ2v) is 4.69. The summed E-state index contributed by atoms with van der Waals surface area (Å²) in [7, 11) is 0. The van der Waals surface area contributed by atoms with E-state index in [1.54, 1.807) is 6.07 Å².